The third-order valence-corrected chi connectivity index (χ3v) is 6.53. The smallest absolute Gasteiger partial charge is 0.251 e. The number of rotatable bonds is 6. The molecule has 0 aliphatic carbocycles. The normalized spacial score (nSPS) is 13.0. The van der Waals surface area contributed by atoms with Gasteiger partial charge in [-0.15, -0.1) is 0 Å². The highest BCUT2D eigenvalue weighted by atomic mass is 32.2. The van der Waals surface area contributed by atoms with Crippen LogP contribution in [0, 0.1) is 6.92 Å². The zero-order valence-electron chi connectivity index (χ0n) is 15.9. The van der Waals surface area contributed by atoms with Crippen LogP contribution in [0.5, 0.6) is 0 Å². The lowest BCUT2D eigenvalue weighted by Gasteiger charge is -2.21. The number of aryl methyl sites for hydroxylation is 1. The summed E-state index contributed by atoms with van der Waals surface area (Å²) in [5.74, 6) is -0.301. The fourth-order valence-corrected chi connectivity index (χ4v) is 4.09. The highest BCUT2D eigenvalue weighted by Crippen LogP contribution is 2.20. The molecule has 6 heteroatoms. The molecular formula is C20H26N2O3S. The van der Waals surface area contributed by atoms with Crippen molar-refractivity contribution in [1.82, 2.24) is 9.62 Å². The fraction of sp³-hybridized carbons (Fsp3) is 0.350. The van der Waals surface area contributed by atoms with Crippen LogP contribution < -0.4 is 5.32 Å². The van der Waals surface area contributed by atoms with Crippen molar-refractivity contribution in [3.63, 3.8) is 0 Å². The number of nitrogens with one attached hydrogen (secondary N) is 1. The number of carbonyl (C=O) groups is 1. The molecule has 1 amide bonds. The Morgan fingerprint density at radius 1 is 1.04 bits per heavy atom. The van der Waals surface area contributed by atoms with Crippen molar-refractivity contribution < 1.29 is 13.2 Å². The van der Waals surface area contributed by atoms with Crippen molar-refractivity contribution >= 4 is 15.9 Å². The predicted molar refractivity (Wildman–Crippen MR) is 104 cm³/mol. The van der Waals surface area contributed by atoms with Gasteiger partial charge in [-0.05, 0) is 57.0 Å². The van der Waals surface area contributed by atoms with Crippen LogP contribution >= 0.6 is 0 Å². The molecule has 0 heterocycles. The van der Waals surface area contributed by atoms with Gasteiger partial charge in [0.2, 0.25) is 10.0 Å². The summed E-state index contributed by atoms with van der Waals surface area (Å²) in [5.41, 5.74) is 2.45. The van der Waals surface area contributed by atoms with Crippen LogP contribution in [-0.2, 0) is 10.0 Å². The summed E-state index contributed by atoms with van der Waals surface area (Å²) in [5, 5.41) is 2.94. The van der Waals surface area contributed by atoms with Gasteiger partial charge in [0.15, 0.2) is 0 Å². The van der Waals surface area contributed by atoms with E-state index in [0.717, 1.165) is 11.1 Å². The van der Waals surface area contributed by atoms with Crippen molar-refractivity contribution in [3.8, 4) is 0 Å². The van der Waals surface area contributed by atoms with Gasteiger partial charge < -0.3 is 5.32 Å². The Balaban J connectivity index is 2.25. The number of carbonyl (C=O) groups excluding carboxylic acids is 1. The van der Waals surface area contributed by atoms with E-state index in [1.807, 2.05) is 38.1 Å². The maximum Gasteiger partial charge on any atom is 0.251 e. The molecule has 0 fully saturated rings. The second-order valence-electron chi connectivity index (χ2n) is 6.69. The largest absolute Gasteiger partial charge is 0.346 e. The van der Waals surface area contributed by atoms with Crippen molar-refractivity contribution in [1.29, 1.82) is 0 Å². The first kappa shape index (κ1) is 20.1. The number of nitrogens with zero attached hydrogens (tertiary/aromatic N) is 1. The molecule has 1 N–H and O–H groups in total. The van der Waals surface area contributed by atoms with E-state index < -0.39 is 10.0 Å². The summed E-state index contributed by atoms with van der Waals surface area (Å²) in [6.07, 6.45) is 0. The predicted octanol–water partition coefficient (Wildman–Crippen LogP) is 3.51. The van der Waals surface area contributed by atoms with Gasteiger partial charge in [-0.1, -0.05) is 30.3 Å². The average Bonchev–Trinajstić information content (AvgIpc) is 2.61. The Morgan fingerprint density at radius 2 is 1.69 bits per heavy atom. The first-order valence-electron chi connectivity index (χ1n) is 8.59. The van der Waals surface area contributed by atoms with Gasteiger partial charge in [0.05, 0.1) is 10.9 Å². The van der Waals surface area contributed by atoms with Crippen molar-refractivity contribution in [2.45, 2.75) is 44.7 Å². The lowest BCUT2D eigenvalue weighted by molar-refractivity contribution is 0.0939. The molecule has 1 unspecified atom stereocenters. The van der Waals surface area contributed by atoms with E-state index in [4.69, 9.17) is 0 Å². The van der Waals surface area contributed by atoms with Crippen LogP contribution in [0.15, 0.2) is 53.4 Å². The maximum atomic E-state index is 12.6. The molecule has 0 saturated heterocycles. The summed E-state index contributed by atoms with van der Waals surface area (Å²) < 4.78 is 26.6. The van der Waals surface area contributed by atoms with E-state index in [1.165, 1.54) is 23.5 Å². The SMILES string of the molecule is Cc1ccccc1C(C)NC(=O)c1cccc(S(=O)(=O)N(C)C(C)C)c1. The van der Waals surface area contributed by atoms with E-state index in [0.29, 0.717) is 5.56 Å². The summed E-state index contributed by atoms with van der Waals surface area (Å²) >= 11 is 0. The molecule has 0 aliphatic heterocycles. The van der Waals surface area contributed by atoms with Crippen LogP contribution in [0.1, 0.15) is 48.3 Å². The van der Waals surface area contributed by atoms with Crippen molar-refractivity contribution in [3.05, 3.63) is 65.2 Å². The third kappa shape index (κ3) is 4.31. The second-order valence-corrected chi connectivity index (χ2v) is 8.69. The molecule has 0 spiro atoms. The minimum absolute atomic E-state index is 0.116. The average molecular weight is 375 g/mol. The molecule has 1 atom stereocenters. The Morgan fingerprint density at radius 3 is 2.31 bits per heavy atom. The zero-order valence-corrected chi connectivity index (χ0v) is 16.7. The van der Waals surface area contributed by atoms with Crippen LogP contribution in [0.2, 0.25) is 0 Å². The number of hydrogen-bond acceptors (Lipinski definition) is 3. The van der Waals surface area contributed by atoms with E-state index >= 15 is 0 Å². The number of benzene rings is 2. The molecule has 2 aromatic carbocycles. The molecule has 0 bridgehead atoms. The number of amides is 1. The molecular weight excluding hydrogens is 348 g/mol. The lowest BCUT2D eigenvalue weighted by Crippen LogP contribution is -2.33. The van der Waals surface area contributed by atoms with E-state index in [-0.39, 0.29) is 22.9 Å². The molecule has 0 aromatic heterocycles. The number of sulfonamides is 1. The monoisotopic (exact) mass is 374 g/mol. The van der Waals surface area contributed by atoms with E-state index in [1.54, 1.807) is 26.0 Å². The molecule has 0 radical (unpaired) electrons. The van der Waals surface area contributed by atoms with Gasteiger partial charge in [-0.3, -0.25) is 4.79 Å². The van der Waals surface area contributed by atoms with Crippen LogP contribution in [0.4, 0.5) is 0 Å². The topological polar surface area (TPSA) is 66.5 Å². The van der Waals surface area contributed by atoms with Crippen LogP contribution in [0.3, 0.4) is 0 Å². The third-order valence-electron chi connectivity index (χ3n) is 4.50. The zero-order chi connectivity index (χ0) is 19.5. The second kappa shape index (κ2) is 8.01. The first-order chi connectivity index (χ1) is 12.1. The van der Waals surface area contributed by atoms with Crippen molar-refractivity contribution in [2.75, 3.05) is 7.05 Å². The summed E-state index contributed by atoms with van der Waals surface area (Å²) in [6, 6.07) is 13.6. The standard InChI is InChI=1S/C20H26N2O3S/c1-14(2)22(5)26(24,25)18-11-8-10-17(13-18)20(23)21-16(4)19-12-7-6-9-15(19)3/h6-14,16H,1-5H3,(H,21,23). The molecule has 2 rings (SSSR count). The summed E-state index contributed by atoms with van der Waals surface area (Å²) in [6.45, 7) is 7.51. The molecule has 26 heavy (non-hydrogen) atoms. The summed E-state index contributed by atoms with van der Waals surface area (Å²) in [4.78, 5) is 12.7. The van der Waals surface area contributed by atoms with Gasteiger partial charge in [-0.2, -0.15) is 4.31 Å². The van der Waals surface area contributed by atoms with E-state index in [2.05, 4.69) is 5.32 Å². The van der Waals surface area contributed by atoms with Gasteiger partial charge in [0, 0.05) is 18.7 Å². The summed E-state index contributed by atoms with van der Waals surface area (Å²) in [7, 11) is -2.09. The van der Waals surface area contributed by atoms with Crippen molar-refractivity contribution in [2.24, 2.45) is 0 Å². The fourth-order valence-electron chi connectivity index (χ4n) is 2.67. The maximum absolute atomic E-state index is 12.6. The molecule has 2 aromatic rings. The Hall–Kier alpha value is -2.18. The molecule has 0 saturated carbocycles. The molecule has 0 aliphatic rings. The number of hydrogen-bond donors (Lipinski definition) is 1. The van der Waals surface area contributed by atoms with Gasteiger partial charge in [0.1, 0.15) is 0 Å². The Bertz CT molecular complexity index is 891. The quantitative estimate of drug-likeness (QED) is 0.841. The van der Waals surface area contributed by atoms with Gasteiger partial charge >= 0.3 is 0 Å². The van der Waals surface area contributed by atoms with E-state index in [9.17, 15) is 13.2 Å². The van der Waals surface area contributed by atoms with Gasteiger partial charge in [-0.25, -0.2) is 8.42 Å². The molecule has 5 nitrogen and oxygen atoms in total. The van der Waals surface area contributed by atoms with Gasteiger partial charge in [0.25, 0.3) is 5.91 Å². The first-order valence-corrected chi connectivity index (χ1v) is 10.0. The highest BCUT2D eigenvalue weighted by molar-refractivity contribution is 7.89. The Kier molecular flexibility index (Phi) is 6.21. The van der Waals surface area contributed by atoms with Crippen LogP contribution in [0.25, 0.3) is 0 Å². The lowest BCUT2D eigenvalue weighted by atomic mass is 10.0. The Labute approximate surface area is 156 Å². The highest BCUT2D eigenvalue weighted by Gasteiger charge is 2.24. The van der Waals surface area contributed by atoms with Crippen LogP contribution in [-0.4, -0.2) is 31.7 Å². The minimum Gasteiger partial charge on any atom is -0.346 e. The molecule has 140 valence electrons. The minimum atomic E-state index is -3.63.